The lowest BCUT2D eigenvalue weighted by Gasteiger charge is -2.20. The van der Waals surface area contributed by atoms with Crippen LogP contribution in [0.25, 0.3) is 10.9 Å². The minimum absolute atomic E-state index is 0.631. The summed E-state index contributed by atoms with van der Waals surface area (Å²) >= 11 is 0. The number of hydrogen-bond acceptors (Lipinski definition) is 3. The number of anilines is 1. The molecule has 0 radical (unpaired) electrons. The predicted molar refractivity (Wildman–Crippen MR) is 80.7 cm³/mol. The third-order valence-corrected chi connectivity index (χ3v) is 3.83. The van der Waals surface area contributed by atoms with Crippen LogP contribution in [0.15, 0.2) is 36.5 Å². The van der Waals surface area contributed by atoms with Crippen molar-refractivity contribution in [2.75, 3.05) is 24.5 Å². The number of rotatable bonds is 4. The van der Waals surface area contributed by atoms with Crippen molar-refractivity contribution in [3.05, 3.63) is 36.5 Å². The molecule has 0 aliphatic carbocycles. The van der Waals surface area contributed by atoms with Crippen LogP contribution in [0.1, 0.15) is 19.8 Å². The molecule has 0 amide bonds. The van der Waals surface area contributed by atoms with Crippen LogP contribution in [0.5, 0.6) is 0 Å². The van der Waals surface area contributed by atoms with Crippen molar-refractivity contribution in [2.24, 2.45) is 0 Å². The second kappa shape index (κ2) is 5.57. The van der Waals surface area contributed by atoms with E-state index in [0.29, 0.717) is 6.04 Å². The highest BCUT2D eigenvalue weighted by molar-refractivity contribution is 5.91. The van der Waals surface area contributed by atoms with Gasteiger partial charge in [-0.25, -0.2) is 0 Å². The molecule has 0 saturated carbocycles. The highest BCUT2D eigenvalue weighted by atomic mass is 15.2. The topological polar surface area (TPSA) is 28.2 Å². The number of fused-ring (bicyclic) bond motifs is 1. The lowest BCUT2D eigenvalue weighted by atomic mass is 10.1. The Hall–Kier alpha value is -1.61. The van der Waals surface area contributed by atoms with Crippen LogP contribution in [0.3, 0.4) is 0 Å². The van der Waals surface area contributed by atoms with E-state index in [4.69, 9.17) is 0 Å². The summed E-state index contributed by atoms with van der Waals surface area (Å²) in [5.41, 5.74) is 2.41. The minimum Gasteiger partial charge on any atom is -0.369 e. The number of hydrogen-bond donors (Lipinski definition) is 1. The fourth-order valence-electron chi connectivity index (χ4n) is 2.86. The summed E-state index contributed by atoms with van der Waals surface area (Å²) in [6, 6.07) is 11.2. The maximum atomic E-state index is 4.44. The van der Waals surface area contributed by atoms with Crippen molar-refractivity contribution in [2.45, 2.75) is 25.8 Å². The number of pyridine rings is 1. The van der Waals surface area contributed by atoms with Crippen molar-refractivity contribution in [1.82, 2.24) is 10.3 Å². The van der Waals surface area contributed by atoms with Crippen LogP contribution in [0, 0.1) is 0 Å². The molecule has 3 heteroatoms. The van der Waals surface area contributed by atoms with E-state index in [-0.39, 0.29) is 0 Å². The van der Waals surface area contributed by atoms with Gasteiger partial charge in [-0.2, -0.15) is 0 Å². The third-order valence-electron chi connectivity index (χ3n) is 3.83. The molecule has 3 nitrogen and oxygen atoms in total. The second-order valence-electron chi connectivity index (χ2n) is 5.23. The Kier molecular flexibility index (Phi) is 3.65. The van der Waals surface area contributed by atoms with Gasteiger partial charge < -0.3 is 10.2 Å². The maximum absolute atomic E-state index is 4.44. The Morgan fingerprint density at radius 2 is 2.26 bits per heavy atom. The first-order valence-electron chi connectivity index (χ1n) is 7.20. The fourth-order valence-corrected chi connectivity index (χ4v) is 2.86. The first kappa shape index (κ1) is 12.4. The average molecular weight is 255 g/mol. The number of benzene rings is 1. The first-order valence-corrected chi connectivity index (χ1v) is 7.20. The molecule has 1 atom stereocenters. The summed E-state index contributed by atoms with van der Waals surface area (Å²) < 4.78 is 0. The summed E-state index contributed by atoms with van der Waals surface area (Å²) in [5, 5.41) is 4.89. The molecule has 1 aromatic heterocycles. The molecule has 0 spiro atoms. The molecule has 1 N–H and O–H groups in total. The molecular weight excluding hydrogens is 234 g/mol. The Balaban J connectivity index is 1.82. The van der Waals surface area contributed by atoms with Gasteiger partial charge in [0.1, 0.15) is 0 Å². The standard InChI is InChI=1S/C16H21N3/c1-2-9-17-13-8-11-19(12-13)16-7-3-6-15-14(16)5-4-10-18-15/h3-7,10,13,17H,2,8-9,11-12H2,1H3. The summed E-state index contributed by atoms with van der Waals surface area (Å²) in [4.78, 5) is 6.92. The number of nitrogens with one attached hydrogen (secondary N) is 1. The number of nitrogens with zero attached hydrogens (tertiary/aromatic N) is 2. The van der Waals surface area contributed by atoms with Gasteiger partial charge in [0.05, 0.1) is 5.52 Å². The zero-order chi connectivity index (χ0) is 13.1. The zero-order valence-corrected chi connectivity index (χ0v) is 11.5. The molecule has 1 saturated heterocycles. The Labute approximate surface area is 114 Å². The van der Waals surface area contributed by atoms with Crippen LogP contribution >= 0.6 is 0 Å². The molecule has 0 bridgehead atoms. The highest BCUT2D eigenvalue weighted by Crippen LogP contribution is 2.28. The van der Waals surface area contributed by atoms with E-state index in [1.165, 1.54) is 23.9 Å². The second-order valence-corrected chi connectivity index (χ2v) is 5.23. The Morgan fingerprint density at radius 1 is 1.32 bits per heavy atom. The van der Waals surface area contributed by atoms with Gasteiger partial charge in [-0.15, -0.1) is 0 Å². The first-order chi connectivity index (χ1) is 9.38. The molecule has 1 aliphatic heterocycles. The van der Waals surface area contributed by atoms with E-state index in [9.17, 15) is 0 Å². The van der Waals surface area contributed by atoms with Gasteiger partial charge in [0.15, 0.2) is 0 Å². The zero-order valence-electron chi connectivity index (χ0n) is 11.5. The molecule has 1 aromatic carbocycles. The third kappa shape index (κ3) is 2.56. The van der Waals surface area contributed by atoms with Gasteiger partial charge in [-0.3, -0.25) is 4.98 Å². The van der Waals surface area contributed by atoms with Crippen LogP contribution in [0.4, 0.5) is 5.69 Å². The van der Waals surface area contributed by atoms with Crippen molar-refractivity contribution < 1.29 is 0 Å². The monoisotopic (exact) mass is 255 g/mol. The van der Waals surface area contributed by atoms with Crippen molar-refractivity contribution >= 4 is 16.6 Å². The van der Waals surface area contributed by atoms with Gasteiger partial charge in [0, 0.05) is 36.4 Å². The SMILES string of the molecule is CCCNC1CCN(c2cccc3ncccc23)C1. The van der Waals surface area contributed by atoms with Crippen LogP contribution in [-0.4, -0.2) is 30.7 Å². The summed E-state index contributed by atoms with van der Waals surface area (Å²) in [6.45, 7) is 5.58. The molecule has 100 valence electrons. The van der Waals surface area contributed by atoms with E-state index in [1.54, 1.807) is 0 Å². The van der Waals surface area contributed by atoms with Gasteiger partial charge in [-0.05, 0) is 43.7 Å². The quantitative estimate of drug-likeness (QED) is 0.910. The molecule has 19 heavy (non-hydrogen) atoms. The molecule has 2 heterocycles. The van der Waals surface area contributed by atoms with Gasteiger partial charge >= 0.3 is 0 Å². The predicted octanol–water partition coefficient (Wildman–Crippen LogP) is 2.81. The molecule has 2 aromatic rings. The van der Waals surface area contributed by atoms with Gasteiger partial charge in [0.2, 0.25) is 0 Å². The maximum Gasteiger partial charge on any atom is 0.0722 e. The number of aromatic nitrogens is 1. The smallest absolute Gasteiger partial charge is 0.0722 e. The Morgan fingerprint density at radius 3 is 3.16 bits per heavy atom. The van der Waals surface area contributed by atoms with Crippen LogP contribution in [0.2, 0.25) is 0 Å². The lowest BCUT2D eigenvalue weighted by Crippen LogP contribution is -2.32. The fraction of sp³-hybridized carbons (Fsp3) is 0.438. The normalized spacial score (nSPS) is 19.2. The van der Waals surface area contributed by atoms with Crippen molar-refractivity contribution in [1.29, 1.82) is 0 Å². The Bertz CT molecular complexity index is 547. The minimum atomic E-state index is 0.631. The molecule has 1 aliphatic rings. The van der Waals surface area contributed by atoms with Crippen LogP contribution < -0.4 is 10.2 Å². The van der Waals surface area contributed by atoms with E-state index in [0.717, 1.165) is 25.2 Å². The van der Waals surface area contributed by atoms with Gasteiger partial charge in [0.25, 0.3) is 0 Å². The summed E-state index contributed by atoms with van der Waals surface area (Å²) in [5.74, 6) is 0. The van der Waals surface area contributed by atoms with E-state index < -0.39 is 0 Å². The largest absolute Gasteiger partial charge is 0.369 e. The van der Waals surface area contributed by atoms with Gasteiger partial charge in [-0.1, -0.05) is 13.0 Å². The average Bonchev–Trinajstić information content (AvgIpc) is 2.93. The molecule has 1 fully saturated rings. The van der Waals surface area contributed by atoms with E-state index in [2.05, 4.69) is 46.4 Å². The van der Waals surface area contributed by atoms with Crippen molar-refractivity contribution in [3.63, 3.8) is 0 Å². The highest BCUT2D eigenvalue weighted by Gasteiger charge is 2.22. The molecule has 3 rings (SSSR count). The lowest BCUT2D eigenvalue weighted by molar-refractivity contribution is 0.549. The molecule has 1 unspecified atom stereocenters. The van der Waals surface area contributed by atoms with Crippen molar-refractivity contribution in [3.8, 4) is 0 Å². The summed E-state index contributed by atoms with van der Waals surface area (Å²) in [6.07, 6.45) is 4.30. The van der Waals surface area contributed by atoms with Crippen LogP contribution in [-0.2, 0) is 0 Å². The summed E-state index contributed by atoms with van der Waals surface area (Å²) in [7, 11) is 0. The van der Waals surface area contributed by atoms with E-state index >= 15 is 0 Å². The molecular formula is C16H21N3. The van der Waals surface area contributed by atoms with E-state index in [1.807, 2.05) is 12.3 Å².